The van der Waals surface area contributed by atoms with Gasteiger partial charge in [0.25, 0.3) is 6.43 Å². The van der Waals surface area contributed by atoms with Gasteiger partial charge < -0.3 is 10.4 Å². The van der Waals surface area contributed by atoms with E-state index in [0.29, 0.717) is 19.1 Å². The topological polar surface area (TPSA) is 35.5 Å². The van der Waals surface area contributed by atoms with Gasteiger partial charge in [0.15, 0.2) is 0 Å². The minimum absolute atomic E-state index is 0.0490. The molecule has 102 valence electrons. The Kier molecular flexibility index (Phi) is 5.76. The maximum atomic E-state index is 12.4. The molecule has 2 N–H and O–H groups in total. The molecule has 1 saturated carbocycles. The molecule has 1 fully saturated rings. The predicted octanol–water partition coefficient (Wildman–Crippen LogP) is 1.32. The van der Waals surface area contributed by atoms with Crippen molar-refractivity contribution >= 4 is 0 Å². The van der Waals surface area contributed by atoms with Crippen LogP contribution in [0.3, 0.4) is 0 Å². The van der Waals surface area contributed by atoms with E-state index in [1.807, 2.05) is 0 Å². The fourth-order valence-corrected chi connectivity index (χ4v) is 1.94. The lowest BCUT2D eigenvalue weighted by Gasteiger charge is -2.32. The molecule has 0 aliphatic heterocycles. The van der Waals surface area contributed by atoms with E-state index in [0.717, 1.165) is 6.54 Å². The molecule has 17 heavy (non-hydrogen) atoms. The van der Waals surface area contributed by atoms with Crippen LogP contribution < -0.4 is 5.32 Å². The third kappa shape index (κ3) is 6.91. The standard InChI is InChI=1S/C12H24F2N2O/c1-12(2,8-15-10-3-4-10)9-16(5-6-17)7-11(13)14/h10-11,15,17H,3-9H2,1-2H3. The van der Waals surface area contributed by atoms with Crippen LogP contribution in [-0.4, -0.2) is 55.3 Å². The van der Waals surface area contributed by atoms with Gasteiger partial charge in [-0.3, -0.25) is 4.90 Å². The molecule has 3 nitrogen and oxygen atoms in total. The van der Waals surface area contributed by atoms with Crippen molar-refractivity contribution in [3.05, 3.63) is 0 Å². The smallest absolute Gasteiger partial charge is 0.251 e. The van der Waals surface area contributed by atoms with E-state index in [-0.39, 0.29) is 18.6 Å². The highest BCUT2D eigenvalue weighted by molar-refractivity contribution is 4.85. The van der Waals surface area contributed by atoms with Gasteiger partial charge in [-0.15, -0.1) is 0 Å². The molecule has 0 radical (unpaired) electrons. The summed E-state index contributed by atoms with van der Waals surface area (Å²) in [5.41, 5.74) is -0.0490. The second-order valence-electron chi connectivity index (χ2n) is 5.67. The van der Waals surface area contributed by atoms with E-state index >= 15 is 0 Å². The van der Waals surface area contributed by atoms with Gasteiger partial charge in [0.2, 0.25) is 0 Å². The Balaban J connectivity index is 2.32. The number of nitrogens with one attached hydrogen (secondary N) is 1. The second kappa shape index (κ2) is 6.61. The molecule has 0 aromatic rings. The van der Waals surface area contributed by atoms with Crippen molar-refractivity contribution in [2.24, 2.45) is 5.41 Å². The Labute approximate surface area is 102 Å². The molecule has 0 saturated heterocycles. The van der Waals surface area contributed by atoms with Gasteiger partial charge in [0.1, 0.15) is 0 Å². The summed E-state index contributed by atoms with van der Waals surface area (Å²) in [6, 6.07) is 0.635. The molecule has 1 aliphatic rings. The second-order valence-corrected chi connectivity index (χ2v) is 5.67. The summed E-state index contributed by atoms with van der Waals surface area (Å²) in [7, 11) is 0. The van der Waals surface area contributed by atoms with Crippen molar-refractivity contribution in [3.63, 3.8) is 0 Å². The molecule has 1 rings (SSSR count). The van der Waals surface area contributed by atoms with Gasteiger partial charge in [-0.25, -0.2) is 8.78 Å². The first-order valence-electron chi connectivity index (χ1n) is 6.28. The largest absolute Gasteiger partial charge is 0.395 e. The predicted molar refractivity (Wildman–Crippen MR) is 64.3 cm³/mol. The van der Waals surface area contributed by atoms with Gasteiger partial charge in [0, 0.05) is 25.7 Å². The van der Waals surface area contributed by atoms with E-state index in [1.54, 1.807) is 4.90 Å². The lowest BCUT2D eigenvalue weighted by atomic mass is 9.92. The minimum Gasteiger partial charge on any atom is -0.395 e. The van der Waals surface area contributed by atoms with Crippen molar-refractivity contribution in [1.82, 2.24) is 10.2 Å². The number of aliphatic hydroxyl groups is 1. The maximum Gasteiger partial charge on any atom is 0.251 e. The summed E-state index contributed by atoms with van der Waals surface area (Å²) < 4.78 is 24.7. The Morgan fingerprint density at radius 3 is 2.53 bits per heavy atom. The van der Waals surface area contributed by atoms with Crippen molar-refractivity contribution < 1.29 is 13.9 Å². The Bertz CT molecular complexity index is 221. The minimum atomic E-state index is -2.34. The maximum absolute atomic E-state index is 12.4. The van der Waals surface area contributed by atoms with Crippen LogP contribution in [0.25, 0.3) is 0 Å². The van der Waals surface area contributed by atoms with Crippen LogP contribution in [0.2, 0.25) is 0 Å². The molecule has 0 heterocycles. The normalized spacial score (nSPS) is 17.1. The Morgan fingerprint density at radius 1 is 1.41 bits per heavy atom. The van der Waals surface area contributed by atoms with Gasteiger partial charge in [0.05, 0.1) is 13.2 Å². The molecule has 5 heteroatoms. The molecule has 0 atom stereocenters. The van der Waals surface area contributed by atoms with Gasteiger partial charge in [-0.1, -0.05) is 13.8 Å². The van der Waals surface area contributed by atoms with Crippen LogP contribution in [-0.2, 0) is 0 Å². The third-order valence-electron chi connectivity index (χ3n) is 2.91. The molecule has 0 aromatic heterocycles. The zero-order valence-corrected chi connectivity index (χ0v) is 10.8. The number of halogens is 2. The number of alkyl halides is 2. The van der Waals surface area contributed by atoms with Gasteiger partial charge in [-0.05, 0) is 18.3 Å². The first-order chi connectivity index (χ1) is 7.93. The quantitative estimate of drug-likeness (QED) is 0.648. The van der Waals surface area contributed by atoms with Crippen LogP contribution in [0.5, 0.6) is 0 Å². The highest BCUT2D eigenvalue weighted by atomic mass is 19.3. The van der Waals surface area contributed by atoms with Crippen molar-refractivity contribution in [1.29, 1.82) is 0 Å². The van der Waals surface area contributed by atoms with Gasteiger partial charge >= 0.3 is 0 Å². The Hall–Kier alpha value is -0.260. The summed E-state index contributed by atoms with van der Waals surface area (Å²) in [6.07, 6.45) is 0.120. The summed E-state index contributed by atoms with van der Waals surface area (Å²) >= 11 is 0. The zero-order chi connectivity index (χ0) is 12.9. The average molecular weight is 250 g/mol. The van der Waals surface area contributed by atoms with Crippen molar-refractivity contribution in [2.75, 3.05) is 32.8 Å². The highest BCUT2D eigenvalue weighted by Crippen LogP contribution is 2.22. The van der Waals surface area contributed by atoms with E-state index in [9.17, 15) is 8.78 Å². The van der Waals surface area contributed by atoms with E-state index in [2.05, 4.69) is 19.2 Å². The fourth-order valence-electron chi connectivity index (χ4n) is 1.94. The van der Waals surface area contributed by atoms with Crippen molar-refractivity contribution in [3.8, 4) is 0 Å². The number of aliphatic hydroxyl groups excluding tert-OH is 1. The third-order valence-corrected chi connectivity index (χ3v) is 2.91. The molecule has 0 spiro atoms. The molecular formula is C12H24F2N2O. The zero-order valence-electron chi connectivity index (χ0n) is 10.8. The number of hydrogen-bond acceptors (Lipinski definition) is 3. The fraction of sp³-hybridized carbons (Fsp3) is 1.00. The summed E-state index contributed by atoms with van der Waals surface area (Å²) in [5, 5.41) is 12.3. The summed E-state index contributed by atoms with van der Waals surface area (Å²) in [4.78, 5) is 1.64. The van der Waals surface area contributed by atoms with Crippen molar-refractivity contribution in [2.45, 2.75) is 39.2 Å². The lowest BCUT2D eigenvalue weighted by Crippen LogP contribution is -2.43. The van der Waals surface area contributed by atoms with E-state index in [1.165, 1.54) is 12.8 Å². The molecule has 1 aliphatic carbocycles. The van der Waals surface area contributed by atoms with E-state index in [4.69, 9.17) is 5.11 Å². The summed E-state index contributed by atoms with van der Waals surface area (Å²) in [6.45, 7) is 5.54. The molecular weight excluding hydrogens is 226 g/mol. The lowest BCUT2D eigenvalue weighted by molar-refractivity contribution is 0.0578. The molecule has 0 amide bonds. The monoisotopic (exact) mass is 250 g/mol. The Morgan fingerprint density at radius 2 is 2.06 bits per heavy atom. The van der Waals surface area contributed by atoms with Crippen LogP contribution in [0, 0.1) is 5.41 Å². The highest BCUT2D eigenvalue weighted by Gasteiger charge is 2.27. The van der Waals surface area contributed by atoms with Crippen LogP contribution >= 0.6 is 0 Å². The molecule has 0 bridgehead atoms. The average Bonchev–Trinajstić information content (AvgIpc) is 2.96. The van der Waals surface area contributed by atoms with Crippen LogP contribution in [0.1, 0.15) is 26.7 Å². The first-order valence-corrected chi connectivity index (χ1v) is 6.28. The number of rotatable bonds is 9. The number of nitrogens with zero attached hydrogens (tertiary/aromatic N) is 1. The molecule has 0 aromatic carbocycles. The first kappa shape index (κ1) is 14.8. The van der Waals surface area contributed by atoms with Crippen LogP contribution in [0.4, 0.5) is 8.78 Å². The SMILES string of the molecule is CC(C)(CNC1CC1)CN(CCO)CC(F)F. The van der Waals surface area contributed by atoms with E-state index < -0.39 is 6.43 Å². The summed E-state index contributed by atoms with van der Waals surface area (Å²) in [5.74, 6) is 0. The van der Waals surface area contributed by atoms with Crippen LogP contribution in [0.15, 0.2) is 0 Å². The van der Waals surface area contributed by atoms with Gasteiger partial charge in [-0.2, -0.15) is 0 Å². The molecule has 0 unspecified atom stereocenters. The number of hydrogen-bond donors (Lipinski definition) is 2.